The minimum atomic E-state index is 0.467. The minimum absolute atomic E-state index is 0.467. The van der Waals surface area contributed by atoms with Gasteiger partial charge in [-0.2, -0.15) is 0 Å². The van der Waals surface area contributed by atoms with Gasteiger partial charge in [-0.15, -0.1) is 0 Å². The maximum absolute atomic E-state index is 6.08. The van der Waals surface area contributed by atoms with Crippen molar-refractivity contribution >= 4 is 16.9 Å². The van der Waals surface area contributed by atoms with Crippen molar-refractivity contribution in [2.45, 2.75) is 13.2 Å². The lowest BCUT2D eigenvalue weighted by Crippen LogP contribution is -2.06. The summed E-state index contributed by atoms with van der Waals surface area (Å²) in [6, 6.07) is 24.3. The molecular weight excluding hydrogens is 368 g/mol. The Morgan fingerprint density at radius 3 is 2.50 bits per heavy atom. The van der Waals surface area contributed by atoms with Crippen LogP contribution >= 0.6 is 11.8 Å². The minimum Gasteiger partial charge on any atom is -0.497 e. The Morgan fingerprint density at radius 1 is 0.964 bits per heavy atom. The van der Waals surface area contributed by atoms with Crippen molar-refractivity contribution in [3.63, 3.8) is 0 Å². The van der Waals surface area contributed by atoms with Gasteiger partial charge >= 0.3 is 0 Å². The highest BCUT2D eigenvalue weighted by atomic mass is 32.2. The number of methoxy groups -OCH3 is 1. The molecule has 5 heteroatoms. The molecule has 4 nitrogen and oxygen atoms in total. The Hall–Kier alpha value is -2.92. The Labute approximate surface area is 170 Å². The van der Waals surface area contributed by atoms with Crippen LogP contribution in [0.5, 0.6) is 11.5 Å². The lowest BCUT2D eigenvalue weighted by atomic mass is 10.0. The quantitative estimate of drug-likeness (QED) is 0.448. The molecule has 0 atom stereocenters. The van der Waals surface area contributed by atoms with E-state index in [1.165, 1.54) is 11.8 Å². The molecule has 28 heavy (non-hydrogen) atoms. The maximum atomic E-state index is 6.08. The van der Waals surface area contributed by atoms with Gasteiger partial charge in [0.1, 0.15) is 18.1 Å². The van der Waals surface area contributed by atoms with E-state index in [4.69, 9.17) is 15.2 Å². The molecule has 0 heterocycles. The molecule has 0 bridgehead atoms. The molecule has 0 fully saturated rings. The van der Waals surface area contributed by atoms with Gasteiger partial charge in [0.25, 0.3) is 0 Å². The van der Waals surface area contributed by atoms with Gasteiger partial charge in [0, 0.05) is 5.56 Å². The topological polar surface area (TPSA) is 56.8 Å². The maximum Gasteiger partial charge on any atom is 0.153 e. The van der Waals surface area contributed by atoms with E-state index >= 15 is 0 Å². The van der Waals surface area contributed by atoms with Crippen molar-refractivity contribution < 1.29 is 9.47 Å². The summed E-state index contributed by atoms with van der Waals surface area (Å²) in [5.41, 5.74) is 10.2. The number of benzene rings is 3. The molecule has 0 radical (unpaired) electrons. The number of nitrogens with two attached hydrogens (primary N) is 1. The first-order chi connectivity index (χ1) is 13.7. The first kappa shape index (κ1) is 19.8. The fourth-order valence-corrected chi connectivity index (χ4v) is 2.98. The molecule has 144 valence electrons. The molecule has 3 aromatic carbocycles. The first-order valence-electron chi connectivity index (χ1n) is 8.97. The summed E-state index contributed by atoms with van der Waals surface area (Å²) < 4.78 is 11.4. The van der Waals surface area contributed by atoms with Crippen LogP contribution in [0.1, 0.15) is 11.1 Å². The number of hydrogen-bond donors (Lipinski definition) is 1. The molecule has 3 rings (SSSR count). The molecule has 3 aromatic rings. The highest BCUT2D eigenvalue weighted by Crippen LogP contribution is 2.30. The third-order valence-electron chi connectivity index (χ3n) is 4.32. The van der Waals surface area contributed by atoms with Crippen LogP contribution in [0.3, 0.4) is 0 Å². The molecule has 0 saturated heterocycles. The molecule has 0 unspecified atom stereocenters. The zero-order valence-corrected chi connectivity index (χ0v) is 16.9. The highest BCUT2D eigenvalue weighted by molar-refractivity contribution is 8.13. The summed E-state index contributed by atoms with van der Waals surface area (Å²) in [4.78, 5) is 4.45. The van der Waals surface area contributed by atoms with Crippen LogP contribution in [-0.4, -0.2) is 18.5 Å². The molecule has 0 saturated carbocycles. The summed E-state index contributed by atoms with van der Waals surface area (Å²) >= 11 is 1.44. The summed E-state index contributed by atoms with van der Waals surface area (Å²) in [6.07, 6.45) is 1.91. The first-order valence-corrected chi connectivity index (χ1v) is 10.2. The van der Waals surface area contributed by atoms with Gasteiger partial charge in [-0.25, -0.2) is 0 Å². The largest absolute Gasteiger partial charge is 0.497 e. The number of amidine groups is 1. The number of thioether (sulfide) groups is 1. The zero-order valence-electron chi connectivity index (χ0n) is 16.1. The van der Waals surface area contributed by atoms with E-state index in [2.05, 4.69) is 23.2 Å². The Bertz CT molecular complexity index is 942. The van der Waals surface area contributed by atoms with Crippen LogP contribution in [0.25, 0.3) is 11.1 Å². The average Bonchev–Trinajstić information content (AvgIpc) is 2.77. The van der Waals surface area contributed by atoms with Gasteiger partial charge in [-0.1, -0.05) is 60.3 Å². The monoisotopic (exact) mass is 392 g/mol. The van der Waals surface area contributed by atoms with Crippen LogP contribution in [0.2, 0.25) is 0 Å². The normalized spacial score (nSPS) is 11.3. The SMILES string of the molecule is COc1cccc(-c2ccc(OCc3ccccc3)c(CN=C(N)SC)c2)c1. The van der Waals surface area contributed by atoms with Gasteiger partial charge in [0.15, 0.2) is 5.17 Å². The van der Waals surface area contributed by atoms with E-state index in [1.54, 1.807) is 7.11 Å². The van der Waals surface area contributed by atoms with Crippen LogP contribution < -0.4 is 15.2 Å². The number of rotatable bonds is 7. The van der Waals surface area contributed by atoms with Crippen molar-refractivity contribution in [1.82, 2.24) is 0 Å². The molecular formula is C23H24N2O2S. The van der Waals surface area contributed by atoms with E-state index in [9.17, 15) is 0 Å². The molecule has 2 N–H and O–H groups in total. The predicted molar refractivity (Wildman–Crippen MR) is 118 cm³/mol. The van der Waals surface area contributed by atoms with Crippen LogP contribution in [0.4, 0.5) is 0 Å². The Morgan fingerprint density at radius 2 is 1.75 bits per heavy atom. The van der Waals surface area contributed by atoms with E-state index in [0.29, 0.717) is 18.3 Å². The van der Waals surface area contributed by atoms with Gasteiger partial charge in [-0.05, 0) is 47.2 Å². The van der Waals surface area contributed by atoms with Crippen LogP contribution in [-0.2, 0) is 13.2 Å². The summed E-state index contributed by atoms with van der Waals surface area (Å²) in [6.45, 7) is 0.975. The van der Waals surface area contributed by atoms with Gasteiger partial charge in [0.05, 0.1) is 13.7 Å². The molecule has 0 aliphatic heterocycles. The van der Waals surface area contributed by atoms with E-state index in [0.717, 1.165) is 33.8 Å². The van der Waals surface area contributed by atoms with Crippen molar-refractivity contribution in [3.05, 3.63) is 83.9 Å². The van der Waals surface area contributed by atoms with E-state index in [1.807, 2.05) is 60.9 Å². The fraction of sp³-hybridized carbons (Fsp3) is 0.174. The number of hydrogen-bond acceptors (Lipinski definition) is 4. The predicted octanol–water partition coefficient (Wildman–Crippen LogP) is 5.12. The third-order valence-corrected chi connectivity index (χ3v) is 4.86. The second-order valence-electron chi connectivity index (χ2n) is 6.19. The van der Waals surface area contributed by atoms with Crippen molar-refractivity contribution in [1.29, 1.82) is 0 Å². The lowest BCUT2D eigenvalue weighted by molar-refractivity contribution is 0.303. The second kappa shape index (κ2) is 9.85. The van der Waals surface area contributed by atoms with Crippen molar-refractivity contribution in [2.75, 3.05) is 13.4 Å². The summed E-state index contributed by atoms with van der Waals surface area (Å²) in [7, 11) is 1.67. The Balaban J connectivity index is 1.89. The van der Waals surface area contributed by atoms with Gasteiger partial charge < -0.3 is 15.2 Å². The van der Waals surface area contributed by atoms with Crippen LogP contribution in [0, 0.1) is 0 Å². The fourth-order valence-electron chi connectivity index (χ4n) is 2.79. The zero-order chi connectivity index (χ0) is 19.8. The smallest absolute Gasteiger partial charge is 0.153 e. The van der Waals surface area contributed by atoms with Crippen LogP contribution in [0.15, 0.2) is 77.8 Å². The molecule has 0 spiro atoms. The highest BCUT2D eigenvalue weighted by Gasteiger charge is 2.08. The number of aliphatic imine (C=N–C) groups is 1. The van der Waals surface area contributed by atoms with Crippen molar-refractivity contribution in [2.24, 2.45) is 10.7 Å². The summed E-state index contributed by atoms with van der Waals surface area (Å²) in [5, 5.41) is 0.556. The summed E-state index contributed by atoms with van der Waals surface area (Å²) in [5.74, 6) is 1.64. The van der Waals surface area contributed by atoms with Gasteiger partial charge in [-0.3, -0.25) is 4.99 Å². The lowest BCUT2D eigenvalue weighted by Gasteiger charge is -2.13. The molecule has 0 amide bonds. The number of ether oxygens (including phenoxy) is 2. The standard InChI is InChI=1S/C23H24N2O2S/c1-26-21-10-6-9-18(14-21)19-11-12-22(20(13-19)15-25-23(24)28-2)27-16-17-7-4-3-5-8-17/h3-14H,15-16H2,1-2H3,(H2,24,25). The second-order valence-corrected chi connectivity index (χ2v) is 7.01. The number of nitrogens with zero attached hydrogens (tertiary/aromatic N) is 1. The van der Waals surface area contributed by atoms with E-state index < -0.39 is 0 Å². The van der Waals surface area contributed by atoms with Gasteiger partial charge in [0.2, 0.25) is 0 Å². The third kappa shape index (κ3) is 5.30. The average molecular weight is 393 g/mol. The van der Waals surface area contributed by atoms with Crippen molar-refractivity contribution in [3.8, 4) is 22.6 Å². The molecule has 0 aliphatic carbocycles. The molecule has 0 aromatic heterocycles. The Kier molecular flexibility index (Phi) is 6.98. The molecule has 0 aliphatic rings. The van der Waals surface area contributed by atoms with E-state index in [-0.39, 0.29) is 0 Å².